The molecule has 0 fully saturated rings. The third-order valence-electron chi connectivity index (χ3n) is 4.91. The molecule has 0 aliphatic carbocycles. The number of halogens is 3. The van der Waals surface area contributed by atoms with Gasteiger partial charge < -0.3 is 10.1 Å². The van der Waals surface area contributed by atoms with E-state index in [0.717, 1.165) is 36.5 Å². The van der Waals surface area contributed by atoms with Crippen LogP contribution in [-0.2, 0) is 12.6 Å². The number of rotatable bonds is 3. The molecule has 0 spiro atoms. The molecule has 0 saturated carbocycles. The van der Waals surface area contributed by atoms with Gasteiger partial charge in [-0.3, -0.25) is 0 Å². The van der Waals surface area contributed by atoms with Crippen LogP contribution in [0.2, 0.25) is 0 Å². The van der Waals surface area contributed by atoms with Crippen molar-refractivity contribution in [1.82, 2.24) is 9.78 Å². The topological polar surface area (TPSA) is 39.1 Å². The van der Waals surface area contributed by atoms with Crippen LogP contribution in [0.3, 0.4) is 0 Å². The second-order valence-corrected chi connectivity index (χ2v) is 6.72. The van der Waals surface area contributed by atoms with Gasteiger partial charge in [-0.05, 0) is 43.5 Å². The third-order valence-corrected chi connectivity index (χ3v) is 4.91. The maximum atomic E-state index is 13.6. The van der Waals surface area contributed by atoms with Crippen molar-refractivity contribution in [3.63, 3.8) is 0 Å². The van der Waals surface area contributed by atoms with Gasteiger partial charge in [0.05, 0.1) is 24.1 Å². The first-order valence-electron chi connectivity index (χ1n) is 9.16. The first-order chi connectivity index (χ1) is 13.5. The van der Waals surface area contributed by atoms with E-state index >= 15 is 0 Å². The van der Waals surface area contributed by atoms with Crippen LogP contribution in [0.1, 0.15) is 24.0 Å². The van der Waals surface area contributed by atoms with Crippen molar-refractivity contribution in [1.29, 1.82) is 0 Å². The fourth-order valence-electron chi connectivity index (χ4n) is 3.58. The average molecular weight is 387 g/mol. The van der Waals surface area contributed by atoms with E-state index < -0.39 is 11.7 Å². The number of nitrogens with zero attached hydrogens (tertiary/aromatic N) is 2. The summed E-state index contributed by atoms with van der Waals surface area (Å²) in [6.45, 7) is 0.699. The second-order valence-electron chi connectivity index (χ2n) is 6.72. The minimum atomic E-state index is -4.46. The maximum absolute atomic E-state index is 13.6. The van der Waals surface area contributed by atoms with Crippen molar-refractivity contribution >= 4 is 5.82 Å². The number of para-hydroxylation sites is 1. The summed E-state index contributed by atoms with van der Waals surface area (Å²) in [7, 11) is 1.58. The lowest BCUT2D eigenvalue weighted by Gasteiger charge is -2.15. The Morgan fingerprint density at radius 1 is 1.07 bits per heavy atom. The number of ether oxygens (including phenoxy) is 1. The van der Waals surface area contributed by atoms with E-state index in [1.165, 1.54) is 16.8 Å². The van der Waals surface area contributed by atoms with E-state index in [2.05, 4.69) is 10.4 Å². The summed E-state index contributed by atoms with van der Waals surface area (Å²) < 4.78 is 47.5. The Hall–Kier alpha value is -2.96. The van der Waals surface area contributed by atoms with Gasteiger partial charge in [0, 0.05) is 17.7 Å². The van der Waals surface area contributed by atoms with E-state index in [4.69, 9.17) is 4.74 Å². The van der Waals surface area contributed by atoms with Gasteiger partial charge in [0.25, 0.3) is 0 Å². The van der Waals surface area contributed by atoms with E-state index in [0.29, 0.717) is 23.8 Å². The monoisotopic (exact) mass is 387 g/mol. The largest absolute Gasteiger partial charge is 0.497 e. The quantitative estimate of drug-likeness (QED) is 0.662. The number of anilines is 1. The number of benzene rings is 2. The summed E-state index contributed by atoms with van der Waals surface area (Å²) in [6.07, 6.45) is -1.81. The van der Waals surface area contributed by atoms with Gasteiger partial charge >= 0.3 is 6.18 Å². The van der Waals surface area contributed by atoms with Crippen molar-refractivity contribution < 1.29 is 17.9 Å². The molecule has 4 nitrogen and oxygen atoms in total. The summed E-state index contributed by atoms with van der Waals surface area (Å²) in [5, 5.41) is 7.91. The molecule has 4 rings (SSSR count). The summed E-state index contributed by atoms with van der Waals surface area (Å²) in [5.41, 5.74) is 1.75. The molecule has 0 bridgehead atoms. The summed E-state index contributed by atoms with van der Waals surface area (Å²) >= 11 is 0. The molecule has 0 atom stereocenters. The molecule has 1 aliphatic heterocycles. The van der Waals surface area contributed by atoms with E-state index in [9.17, 15) is 13.2 Å². The standard InChI is InChI=1S/C21H20F3N3O/c1-28-15-8-6-7-14(13-15)19-16-9-4-5-12-25-20(16)27(26-19)18-11-3-2-10-17(18)21(22,23)24/h2-3,6-8,10-11,13,25H,4-5,9,12H2,1H3. The van der Waals surface area contributed by atoms with E-state index in [-0.39, 0.29) is 5.69 Å². The fraction of sp³-hybridized carbons (Fsp3) is 0.286. The highest BCUT2D eigenvalue weighted by Crippen LogP contribution is 2.39. The highest BCUT2D eigenvalue weighted by Gasteiger charge is 2.35. The Balaban J connectivity index is 1.94. The molecule has 7 heteroatoms. The van der Waals surface area contributed by atoms with Gasteiger partial charge in [-0.15, -0.1) is 0 Å². The Labute approximate surface area is 160 Å². The third kappa shape index (κ3) is 3.32. The Morgan fingerprint density at radius 2 is 1.89 bits per heavy atom. The molecule has 0 radical (unpaired) electrons. The van der Waals surface area contributed by atoms with Gasteiger partial charge in [-0.2, -0.15) is 18.3 Å². The van der Waals surface area contributed by atoms with Crippen molar-refractivity contribution in [2.45, 2.75) is 25.4 Å². The van der Waals surface area contributed by atoms with Crippen molar-refractivity contribution in [3.8, 4) is 22.7 Å². The molecule has 28 heavy (non-hydrogen) atoms. The van der Waals surface area contributed by atoms with Gasteiger partial charge in [0.2, 0.25) is 0 Å². The molecule has 3 aromatic rings. The number of nitrogens with one attached hydrogen (secondary N) is 1. The van der Waals surface area contributed by atoms with Crippen molar-refractivity contribution in [3.05, 3.63) is 59.7 Å². The SMILES string of the molecule is COc1cccc(-c2nn(-c3ccccc3C(F)(F)F)c3c2CCCCN3)c1. The molecule has 2 heterocycles. The fourth-order valence-corrected chi connectivity index (χ4v) is 3.58. The lowest BCUT2D eigenvalue weighted by Crippen LogP contribution is -2.14. The molecule has 1 aliphatic rings. The van der Waals surface area contributed by atoms with Gasteiger partial charge in [-0.1, -0.05) is 24.3 Å². The average Bonchev–Trinajstić information content (AvgIpc) is 2.88. The number of aromatic nitrogens is 2. The van der Waals surface area contributed by atoms with Crippen LogP contribution in [0, 0.1) is 0 Å². The predicted molar refractivity (Wildman–Crippen MR) is 102 cm³/mol. The smallest absolute Gasteiger partial charge is 0.418 e. The number of alkyl halides is 3. The Morgan fingerprint density at radius 3 is 2.68 bits per heavy atom. The van der Waals surface area contributed by atoms with Crippen LogP contribution >= 0.6 is 0 Å². The highest BCUT2D eigenvalue weighted by molar-refractivity contribution is 5.72. The minimum Gasteiger partial charge on any atom is -0.497 e. The Bertz CT molecular complexity index is 995. The van der Waals surface area contributed by atoms with E-state index in [1.807, 2.05) is 24.3 Å². The van der Waals surface area contributed by atoms with Crippen molar-refractivity contribution in [2.75, 3.05) is 19.0 Å². The van der Waals surface area contributed by atoms with Crippen LogP contribution in [0.25, 0.3) is 16.9 Å². The zero-order chi connectivity index (χ0) is 19.7. The molecule has 0 unspecified atom stereocenters. The lowest BCUT2D eigenvalue weighted by molar-refractivity contribution is -0.137. The van der Waals surface area contributed by atoms with Crippen LogP contribution in [0.4, 0.5) is 19.0 Å². The lowest BCUT2D eigenvalue weighted by atomic mass is 10.0. The van der Waals surface area contributed by atoms with Crippen LogP contribution in [-0.4, -0.2) is 23.4 Å². The van der Waals surface area contributed by atoms with Gasteiger partial charge in [-0.25, -0.2) is 4.68 Å². The number of hydrogen-bond donors (Lipinski definition) is 1. The minimum absolute atomic E-state index is 0.0230. The molecular weight excluding hydrogens is 367 g/mol. The summed E-state index contributed by atoms with van der Waals surface area (Å²) in [6, 6.07) is 13.0. The van der Waals surface area contributed by atoms with Crippen LogP contribution in [0.5, 0.6) is 5.75 Å². The zero-order valence-electron chi connectivity index (χ0n) is 15.4. The second kappa shape index (κ2) is 7.22. The molecular formula is C21H20F3N3O. The zero-order valence-corrected chi connectivity index (χ0v) is 15.4. The van der Waals surface area contributed by atoms with Gasteiger partial charge in [0.1, 0.15) is 11.6 Å². The molecule has 0 saturated heterocycles. The number of fused-ring (bicyclic) bond motifs is 1. The van der Waals surface area contributed by atoms with Gasteiger partial charge in [0.15, 0.2) is 0 Å². The first kappa shape index (κ1) is 18.4. The molecule has 1 N–H and O–H groups in total. The maximum Gasteiger partial charge on any atom is 0.418 e. The molecule has 0 amide bonds. The normalized spacial score (nSPS) is 14.1. The predicted octanol–water partition coefficient (Wildman–Crippen LogP) is 5.31. The van der Waals surface area contributed by atoms with Crippen LogP contribution in [0.15, 0.2) is 48.5 Å². The number of hydrogen-bond acceptors (Lipinski definition) is 3. The number of methoxy groups -OCH3 is 1. The molecule has 1 aromatic heterocycles. The van der Waals surface area contributed by atoms with Crippen molar-refractivity contribution in [2.24, 2.45) is 0 Å². The first-order valence-corrected chi connectivity index (χ1v) is 9.16. The molecule has 146 valence electrons. The summed E-state index contributed by atoms with van der Waals surface area (Å²) in [4.78, 5) is 0. The Kier molecular flexibility index (Phi) is 4.75. The van der Waals surface area contributed by atoms with Crippen LogP contribution < -0.4 is 10.1 Å². The summed E-state index contributed by atoms with van der Waals surface area (Å²) in [5.74, 6) is 1.31. The molecule has 2 aromatic carbocycles. The highest BCUT2D eigenvalue weighted by atomic mass is 19.4. The van der Waals surface area contributed by atoms with E-state index in [1.54, 1.807) is 13.2 Å².